The largest absolute Gasteiger partial charge is 0.417 e. The van der Waals surface area contributed by atoms with E-state index >= 15 is 0 Å². The molecule has 2 saturated heterocycles. The van der Waals surface area contributed by atoms with E-state index in [1.807, 2.05) is 0 Å². The second kappa shape index (κ2) is 11.9. The summed E-state index contributed by atoms with van der Waals surface area (Å²) in [6.07, 6.45) is 2.36. The molecule has 38 heavy (non-hydrogen) atoms. The van der Waals surface area contributed by atoms with Crippen LogP contribution in [-0.2, 0) is 15.8 Å². The van der Waals surface area contributed by atoms with Gasteiger partial charge in [-0.05, 0) is 60.7 Å². The SMILES string of the molecule is O=C(CN1C(=O)SC(=C2CCN(C(=O)c3cc(F)ccc3C(F)(F)F)CC2)C1=O)NCCC1CCCCC1. The van der Waals surface area contributed by atoms with Crippen LogP contribution >= 0.6 is 11.8 Å². The number of nitrogens with one attached hydrogen (secondary N) is 1. The number of carbonyl (C=O) groups is 4. The molecule has 0 radical (unpaired) electrons. The molecule has 4 rings (SSSR count). The van der Waals surface area contributed by atoms with Crippen molar-refractivity contribution in [1.82, 2.24) is 15.1 Å². The molecule has 1 aliphatic carbocycles. The number of imide groups is 1. The fourth-order valence-corrected chi connectivity index (χ4v) is 6.14. The molecule has 1 saturated carbocycles. The number of carbonyl (C=O) groups excluding carboxylic acids is 4. The molecule has 206 valence electrons. The maximum Gasteiger partial charge on any atom is 0.417 e. The number of hydrogen-bond acceptors (Lipinski definition) is 5. The summed E-state index contributed by atoms with van der Waals surface area (Å²) < 4.78 is 53.6. The fourth-order valence-electron chi connectivity index (χ4n) is 5.16. The molecule has 0 unspecified atom stereocenters. The second-order valence-corrected chi connectivity index (χ2v) is 10.8. The standard InChI is InChI=1S/C26H29F4N3O4S/c27-18-6-7-20(26(28,29)30)19(14-18)23(35)32-12-9-17(10-13-32)22-24(36)33(25(37)38-22)15-21(34)31-11-8-16-4-2-1-3-5-16/h6-7,14,16H,1-5,8-13,15H2,(H,31,34). The number of thioether (sulfide) groups is 1. The van der Waals surface area contributed by atoms with E-state index in [1.54, 1.807) is 0 Å². The van der Waals surface area contributed by atoms with Crippen molar-refractivity contribution in [2.24, 2.45) is 5.92 Å². The predicted molar refractivity (Wildman–Crippen MR) is 132 cm³/mol. The minimum absolute atomic E-state index is 0.00909. The van der Waals surface area contributed by atoms with Gasteiger partial charge in [0.1, 0.15) is 12.4 Å². The number of likely N-dealkylation sites (tertiary alicyclic amines) is 1. The van der Waals surface area contributed by atoms with Crippen molar-refractivity contribution in [1.29, 1.82) is 0 Å². The summed E-state index contributed by atoms with van der Waals surface area (Å²) in [7, 11) is 0. The number of hydrogen-bond donors (Lipinski definition) is 1. The van der Waals surface area contributed by atoms with Gasteiger partial charge in [0.25, 0.3) is 17.1 Å². The first kappa shape index (κ1) is 28.1. The molecule has 0 spiro atoms. The molecule has 3 aliphatic rings. The summed E-state index contributed by atoms with van der Waals surface area (Å²) in [4.78, 5) is 52.8. The lowest BCUT2D eigenvalue weighted by Crippen LogP contribution is -2.40. The Bertz CT molecular complexity index is 1140. The zero-order chi connectivity index (χ0) is 27.4. The number of halogens is 4. The Hall–Kier alpha value is -2.89. The zero-order valence-corrected chi connectivity index (χ0v) is 21.6. The molecule has 1 aromatic carbocycles. The topological polar surface area (TPSA) is 86.8 Å². The van der Waals surface area contributed by atoms with E-state index < -0.39 is 46.1 Å². The van der Waals surface area contributed by atoms with Gasteiger partial charge in [-0.2, -0.15) is 13.2 Å². The lowest BCUT2D eigenvalue weighted by molar-refractivity contribution is -0.138. The van der Waals surface area contributed by atoms with Crippen molar-refractivity contribution in [2.75, 3.05) is 26.2 Å². The highest BCUT2D eigenvalue weighted by atomic mass is 32.2. The molecule has 2 heterocycles. The van der Waals surface area contributed by atoms with Gasteiger partial charge in [0.15, 0.2) is 0 Å². The van der Waals surface area contributed by atoms with E-state index in [2.05, 4.69) is 5.32 Å². The van der Waals surface area contributed by atoms with Crippen LogP contribution in [0.25, 0.3) is 0 Å². The number of nitrogens with zero attached hydrogens (tertiary/aromatic N) is 2. The van der Waals surface area contributed by atoms with Crippen LogP contribution in [0.3, 0.4) is 0 Å². The second-order valence-electron chi connectivity index (χ2n) is 9.81. The third kappa shape index (κ3) is 6.57. The molecule has 0 aromatic heterocycles. The summed E-state index contributed by atoms with van der Waals surface area (Å²) in [5, 5.41) is 2.22. The van der Waals surface area contributed by atoms with Crippen molar-refractivity contribution < 1.29 is 36.7 Å². The number of benzene rings is 1. The first-order valence-corrected chi connectivity index (χ1v) is 13.5. The fraction of sp³-hybridized carbons (Fsp3) is 0.538. The Morgan fingerprint density at radius 1 is 1.05 bits per heavy atom. The summed E-state index contributed by atoms with van der Waals surface area (Å²) in [5.41, 5.74) is -1.38. The zero-order valence-electron chi connectivity index (χ0n) is 20.7. The van der Waals surface area contributed by atoms with Crippen LogP contribution in [0.4, 0.5) is 22.4 Å². The van der Waals surface area contributed by atoms with Gasteiger partial charge in [0.05, 0.1) is 16.0 Å². The van der Waals surface area contributed by atoms with Gasteiger partial charge in [-0.3, -0.25) is 24.1 Å². The van der Waals surface area contributed by atoms with Crippen molar-refractivity contribution in [3.8, 4) is 0 Å². The smallest absolute Gasteiger partial charge is 0.355 e. The normalized spacial score (nSPS) is 19.4. The molecule has 1 N–H and O–H groups in total. The highest BCUT2D eigenvalue weighted by Crippen LogP contribution is 2.37. The van der Waals surface area contributed by atoms with Gasteiger partial charge >= 0.3 is 6.18 Å². The molecule has 0 bridgehead atoms. The third-order valence-electron chi connectivity index (χ3n) is 7.24. The van der Waals surface area contributed by atoms with E-state index in [-0.39, 0.29) is 37.4 Å². The van der Waals surface area contributed by atoms with Gasteiger partial charge < -0.3 is 10.2 Å². The van der Waals surface area contributed by atoms with Gasteiger partial charge in [-0.25, -0.2) is 4.39 Å². The van der Waals surface area contributed by atoms with E-state index in [0.717, 1.165) is 35.9 Å². The maximum atomic E-state index is 13.6. The van der Waals surface area contributed by atoms with Gasteiger partial charge in [0, 0.05) is 19.6 Å². The van der Waals surface area contributed by atoms with Crippen LogP contribution in [0.15, 0.2) is 28.7 Å². The molecule has 4 amide bonds. The minimum Gasteiger partial charge on any atom is -0.355 e. The Kier molecular flexibility index (Phi) is 8.79. The Balaban J connectivity index is 1.33. The van der Waals surface area contributed by atoms with E-state index in [0.29, 0.717) is 36.2 Å². The molecule has 3 fully saturated rings. The van der Waals surface area contributed by atoms with E-state index in [1.165, 1.54) is 24.2 Å². The quantitative estimate of drug-likeness (QED) is 0.389. The van der Waals surface area contributed by atoms with Gasteiger partial charge in [0.2, 0.25) is 5.91 Å². The molecule has 12 heteroatoms. The van der Waals surface area contributed by atoms with Crippen LogP contribution in [0.2, 0.25) is 0 Å². The van der Waals surface area contributed by atoms with Crippen LogP contribution in [-0.4, -0.2) is 58.9 Å². The lowest BCUT2D eigenvalue weighted by Gasteiger charge is -2.30. The van der Waals surface area contributed by atoms with Crippen LogP contribution in [0, 0.1) is 11.7 Å². The molecule has 2 aliphatic heterocycles. The van der Waals surface area contributed by atoms with Crippen molar-refractivity contribution >= 4 is 34.7 Å². The number of rotatable bonds is 6. The van der Waals surface area contributed by atoms with Crippen LogP contribution in [0.5, 0.6) is 0 Å². The molecule has 7 nitrogen and oxygen atoms in total. The minimum atomic E-state index is -4.82. The molecule has 0 atom stereocenters. The van der Waals surface area contributed by atoms with Crippen molar-refractivity contribution in [2.45, 2.75) is 57.5 Å². The predicted octanol–water partition coefficient (Wildman–Crippen LogP) is 5.12. The third-order valence-corrected chi connectivity index (χ3v) is 8.31. The van der Waals surface area contributed by atoms with Crippen LogP contribution in [0.1, 0.15) is 67.3 Å². The summed E-state index contributed by atoms with van der Waals surface area (Å²) in [5.74, 6) is -2.31. The first-order valence-electron chi connectivity index (χ1n) is 12.7. The van der Waals surface area contributed by atoms with Gasteiger partial charge in [-0.1, -0.05) is 32.1 Å². The number of piperidine rings is 1. The number of amides is 4. The highest BCUT2D eigenvalue weighted by molar-refractivity contribution is 8.18. The van der Waals surface area contributed by atoms with Crippen molar-refractivity contribution in [3.05, 3.63) is 45.6 Å². The first-order chi connectivity index (χ1) is 18.0. The summed E-state index contributed by atoms with van der Waals surface area (Å²) in [6, 6.07) is 1.77. The highest BCUT2D eigenvalue weighted by Gasteiger charge is 2.40. The maximum absolute atomic E-state index is 13.6. The Labute approximate surface area is 222 Å². The average Bonchev–Trinajstić information content (AvgIpc) is 3.16. The van der Waals surface area contributed by atoms with E-state index in [9.17, 15) is 36.7 Å². The molecular formula is C26H29F4N3O4S. The average molecular weight is 556 g/mol. The monoisotopic (exact) mass is 555 g/mol. The Morgan fingerprint density at radius 2 is 1.74 bits per heavy atom. The Morgan fingerprint density at radius 3 is 2.39 bits per heavy atom. The van der Waals surface area contributed by atoms with E-state index in [4.69, 9.17) is 0 Å². The molecule has 1 aromatic rings. The lowest BCUT2D eigenvalue weighted by atomic mass is 9.87. The summed E-state index contributed by atoms with van der Waals surface area (Å²) in [6.45, 7) is 0.132. The van der Waals surface area contributed by atoms with Gasteiger partial charge in [-0.15, -0.1) is 0 Å². The van der Waals surface area contributed by atoms with Crippen molar-refractivity contribution in [3.63, 3.8) is 0 Å². The number of alkyl halides is 3. The molecular weight excluding hydrogens is 526 g/mol. The summed E-state index contributed by atoms with van der Waals surface area (Å²) >= 11 is 0.726. The van der Waals surface area contributed by atoms with Crippen LogP contribution < -0.4 is 5.32 Å².